The highest BCUT2D eigenvalue weighted by atomic mass is 32.1. The van der Waals surface area contributed by atoms with Crippen LogP contribution in [0.5, 0.6) is 0 Å². The van der Waals surface area contributed by atoms with Crippen molar-refractivity contribution in [3.05, 3.63) is 52.5 Å². The Balaban J connectivity index is 1.37. The van der Waals surface area contributed by atoms with Gasteiger partial charge in [0.1, 0.15) is 5.82 Å². The molecular formula is C19H22FN3O2S. The lowest BCUT2D eigenvalue weighted by Gasteiger charge is -2.32. The van der Waals surface area contributed by atoms with Crippen LogP contribution >= 0.6 is 11.3 Å². The van der Waals surface area contributed by atoms with Crippen LogP contribution < -0.4 is 10.6 Å². The maximum atomic E-state index is 13.2. The second kappa shape index (κ2) is 8.80. The van der Waals surface area contributed by atoms with Gasteiger partial charge in [0.05, 0.1) is 0 Å². The summed E-state index contributed by atoms with van der Waals surface area (Å²) in [4.78, 5) is 25.9. The first kappa shape index (κ1) is 18.4. The molecule has 0 saturated carbocycles. The van der Waals surface area contributed by atoms with E-state index in [9.17, 15) is 14.0 Å². The van der Waals surface area contributed by atoms with E-state index < -0.39 is 0 Å². The van der Waals surface area contributed by atoms with Gasteiger partial charge < -0.3 is 15.5 Å². The molecule has 0 bridgehead atoms. The topological polar surface area (TPSA) is 61.4 Å². The number of amides is 3. The minimum Gasteiger partial charge on any atom is -0.352 e. The number of halogens is 1. The highest BCUT2D eigenvalue weighted by molar-refractivity contribution is 7.08. The molecule has 2 N–H and O–H groups in total. The Morgan fingerprint density at radius 3 is 2.73 bits per heavy atom. The standard InChI is InChI=1S/C19H22FN3O2S/c20-16-2-1-3-17(12-16)22-19(25)23-9-5-14(6-10-23)4-8-21-18(24)15-7-11-26-13-15/h1-3,7,11-14H,4-6,8-10H2,(H,21,24)(H,22,25). The van der Waals surface area contributed by atoms with Gasteiger partial charge in [-0.2, -0.15) is 11.3 Å². The number of urea groups is 1. The Morgan fingerprint density at radius 1 is 1.23 bits per heavy atom. The van der Waals surface area contributed by atoms with Gasteiger partial charge in [-0.15, -0.1) is 0 Å². The van der Waals surface area contributed by atoms with Gasteiger partial charge in [-0.25, -0.2) is 9.18 Å². The molecule has 0 atom stereocenters. The Kier molecular flexibility index (Phi) is 6.22. The predicted octanol–water partition coefficient (Wildman–Crippen LogP) is 3.95. The number of hydrogen-bond donors (Lipinski definition) is 2. The number of carbonyl (C=O) groups excluding carboxylic acids is 2. The van der Waals surface area contributed by atoms with Crippen molar-refractivity contribution >= 4 is 29.0 Å². The average molecular weight is 375 g/mol. The molecule has 5 nitrogen and oxygen atoms in total. The molecule has 0 spiro atoms. The van der Waals surface area contributed by atoms with Crippen molar-refractivity contribution in [1.82, 2.24) is 10.2 Å². The summed E-state index contributed by atoms with van der Waals surface area (Å²) in [5, 5.41) is 9.40. The first-order chi connectivity index (χ1) is 12.6. The Labute approximate surface area is 156 Å². The molecule has 138 valence electrons. The molecule has 3 amide bonds. The molecule has 2 aromatic rings. The maximum absolute atomic E-state index is 13.2. The Bertz CT molecular complexity index is 743. The van der Waals surface area contributed by atoms with E-state index in [1.54, 1.807) is 17.0 Å². The number of benzene rings is 1. The molecule has 1 saturated heterocycles. The predicted molar refractivity (Wildman–Crippen MR) is 101 cm³/mol. The van der Waals surface area contributed by atoms with Crippen molar-refractivity contribution in [2.24, 2.45) is 5.92 Å². The van der Waals surface area contributed by atoms with Gasteiger partial charge in [0.15, 0.2) is 0 Å². The number of nitrogens with one attached hydrogen (secondary N) is 2. The summed E-state index contributed by atoms with van der Waals surface area (Å²) >= 11 is 1.51. The summed E-state index contributed by atoms with van der Waals surface area (Å²) < 4.78 is 13.2. The molecule has 1 aliphatic heterocycles. The SMILES string of the molecule is O=C(NCCC1CCN(C(=O)Nc2cccc(F)c2)CC1)c1ccsc1. The van der Waals surface area contributed by atoms with Gasteiger partial charge in [0.25, 0.3) is 5.91 Å². The minimum atomic E-state index is -0.369. The second-order valence-electron chi connectivity index (χ2n) is 6.43. The summed E-state index contributed by atoms with van der Waals surface area (Å²) in [6.07, 6.45) is 2.73. The van der Waals surface area contributed by atoms with E-state index in [1.165, 1.54) is 23.5 Å². The maximum Gasteiger partial charge on any atom is 0.321 e. The number of anilines is 1. The van der Waals surface area contributed by atoms with E-state index >= 15 is 0 Å². The van der Waals surface area contributed by atoms with Crippen molar-refractivity contribution in [2.45, 2.75) is 19.3 Å². The molecule has 1 aromatic carbocycles. The highest BCUT2D eigenvalue weighted by Gasteiger charge is 2.22. The molecule has 1 aliphatic rings. The number of nitrogens with zero attached hydrogens (tertiary/aromatic N) is 1. The Hall–Kier alpha value is -2.41. The molecule has 3 rings (SSSR count). The molecule has 7 heteroatoms. The van der Waals surface area contributed by atoms with Crippen molar-refractivity contribution in [3.8, 4) is 0 Å². The average Bonchev–Trinajstić information content (AvgIpc) is 3.17. The Morgan fingerprint density at radius 2 is 2.04 bits per heavy atom. The highest BCUT2D eigenvalue weighted by Crippen LogP contribution is 2.21. The van der Waals surface area contributed by atoms with Gasteiger partial charge in [-0.3, -0.25) is 4.79 Å². The van der Waals surface area contributed by atoms with E-state index in [0.717, 1.165) is 19.3 Å². The quantitative estimate of drug-likeness (QED) is 0.831. The van der Waals surface area contributed by atoms with Crippen LogP contribution in [0.4, 0.5) is 14.9 Å². The summed E-state index contributed by atoms with van der Waals surface area (Å²) in [6, 6.07) is 7.51. The van der Waals surface area contributed by atoms with Crippen molar-refractivity contribution in [3.63, 3.8) is 0 Å². The zero-order chi connectivity index (χ0) is 18.4. The van der Waals surface area contributed by atoms with E-state index in [4.69, 9.17) is 0 Å². The van der Waals surface area contributed by atoms with Crippen LogP contribution in [0.25, 0.3) is 0 Å². The molecule has 1 fully saturated rings. The number of piperidine rings is 1. The van der Waals surface area contributed by atoms with Gasteiger partial charge in [0.2, 0.25) is 0 Å². The number of likely N-dealkylation sites (tertiary alicyclic amines) is 1. The summed E-state index contributed by atoms with van der Waals surface area (Å²) in [5.41, 5.74) is 1.17. The lowest BCUT2D eigenvalue weighted by molar-refractivity contribution is 0.0950. The van der Waals surface area contributed by atoms with Crippen LogP contribution in [0.15, 0.2) is 41.1 Å². The molecule has 0 radical (unpaired) electrons. The van der Waals surface area contributed by atoms with E-state index in [1.807, 2.05) is 16.8 Å². The number of hydrogen-bond acceptors (Lipinski definition) is 3. The number of thiophene rings is 1. The largest absolute Gasteiger partial charge is 0.352 e. The molecule has 1 aromatic heterocycles. The van der Waals surface area contributed by atoms with Crippen LogP contribution in [-0.4, -0.2) is 36.5 Å². The van der Waals surface area contributed by atoms with Gasteiger partial charge in [-0.1, -0.05) is 6.07 Å². The van der Waals surface area contributed by atoms with Gasteiger partial charge in [-0.05, 0) is 54.8 Å². The van der Waals surface area contributed by atoms with Crippen LogP contribution in [0.3, 0.4) is 0 Å². The molecule has 2 heterocycles. The zero-order valence-corrected chi connectivity index (χ0v) is 15.2. The normalized spacial score (nSPS) is 14.9. The fourth-order valence-corrected chi connectivity index (χ4v) is 3.72. The van der Waals surface area contributed by atoms with E-state index in [2.05, 4.69) is 10.6 Å². The van der Waals surface area contributed by atoms with Gasteiger partial charge in [0, 0.05) is 36.3 Å². The van der Waals surface area contributed by atoms with Crippen molar-refractivity contribution in [1.29, 1.82) is 0 Å². The van der Waals surface area contributed by atoms with Crippen molar-refractivity contribution in [2.75, 3.05) is 25.0 Å². The lowest BCUT2D eigenvalue weighted by atomic mass is 9.93. The van der Waals surface area contributed by atoms with E-state index in [0.29, 0.717) is 36.8 Å². The zero-order valence-electron chi connectivity index (χ0n) is 14.4. The molecule has 0 unspecified atom stereocenters. The second-order valence-corrected chi connectivity index (χ2v) is 7.21. The third-order valence-corrected chi connectivity index (χ3v) is 5.28. The van der Waals surface area contributed by atoms with Crippen LogP contribution in [-0.2, 0) is 0 Å². The third kappa shape index (κ3) is 5.05. The third-order valence-electron chi connectivity index (χ3n) is 4.60. The van der Waals surface area contributed by atoms with Crippen LogP contribution in [0.1, 0.15) is 29.6 Å². The number of carbonyl (C=O) groups is 2. The van der Waals surface area contributed by atoms with E-state index in [-0.39, 0.29) is 17.8 Å². The monoisotopic (exact) mass is 375 g/mol. The molecule has 0 aliphatic carbocycles. The first-order valence-corrected chi connectivity index (χ1v) is 9.68. The van der Waals surface area contributed by atoms with Crippen LogP contribution in [0, 0.1) is 11.7 Å². The minimum absolute atomic E-state index is 0.0295. The van der Waals surface area contributed by atoms with Crippen molar-refractivity contribution < 1.29 is 14.0 Å². The molecular weight excluding hydrogens is 353 g/mol. The fraction of sp³-hybridized carbons (Fsp3) is 0.368. The van der Waals surface area contributed by atoms with Gasteiger partial charge >= 0.3 is 6.03 Å². The van der Waals surface area contributed by atoms with Crippen LogP contribution in [0.2, 0.25) is 0 Å². The fourth-order valence-electron chi connectivity index (χ4n) is 3.08. The summed E-state index contributed by atoms with van der Waals surface area (Å²) in [5.74, 6) is 0.0974. The molecule has 26 heavy (non-hydrogen) atoms. The first-order valence-electron chi connectivity index (χ1n) is 8.74. The number of rotatable bonds is 5. The lowest BCUT2D eigenvalue weighted by Crippen LogP contribution is -2.41. The smallest absolute Gasteiger partial charge is 0.321 e. The summed E-state index contributed by atoms with van der Waals surface area (Å²) in [7, 11) is 0. The summed E-state index contributed by atoms with van der Waals surface area (Å²) in [6.45, 7) is 1.99.